The summed E-state index contributed by atoms with van der Waals surface area (Å²) in [5, 5.41) is 3.71. The predicted octanol–water partition coefficient (Wildman–Crippen LogP) is 4.69. The number of fused-ring (bicyclic) bond motifs is 3. The molecule has 1 saturated heterocycles. The molecule has 0 bridgehead atoms. The average Bonchev–Trinajstić information content (AvgIpc) is 2.97. The molecule has 2 aliphatic heterocycles. The van der Waals surface area contributed by atoms with Crippen LogP contribution in [0.4, 0.5) is 5.69 Å². The van der Waals surface area contributed by atoms with Crippen molar-refractivity contribution >= 4 is 21.6 Å². The molecule has 0 radical (unpaired) electrons. The lowest BCUT2D eigenvalue weighted by molar-refractivity contribution is 0.0829. The number of nitrogens with one attached hydrogen (secondary N) is 1. The van der Waals surface area contributed by atoms with E-state index in [1.807, 2.05) is 0 Å². The van der Waals surface area contributed by atoms with Crippen molar-refractivity contribution in [2.75, 3.05) is 11.9 Å². The predicted molar refractivity (Wildman–Crippen MR) is 83.7 cm³/mol. The number of hydrogen-bond donors (Lipinski definition) is 1. The van der Waals surface area contributed by atoms with E-state index >= 15 is 0 Å². The van der Waals surface area contributed by atoms with Gasteiger partial charge in [0.25, 0.3) is 0 Å². The molecule has 2 aromatic carbocycles. The van der Waals surface area contributed by atoms with Gasteiger partial charge in [-0.1, -0.05) is 46.3 Å². The van der Waals surface area contributed by atoms with Crippen molar-refractivity contribution in [1.29, 1.82) is 0 Å². The van der Waals surface area contributed by atoms with Crippen LogP contribution in [0.2, 0.25) is 0 Å². The van der Waals surface area contributed by atoms with Crippen LogP contribution in [0, 0.1) is 5.92 Å². The Hall–Kier alpha value is -1.32. The lowest BCUT2D eigenvalue weighted by atomic mass is 9.81. The van der Waals surface area contributed by atoms with Crippen molar-refractivity contribution in [2.45, 2.75) is 18.6 Å². The highest BCUT2D eigenvalue weighted by molar-refractivity contribution is 9.10. The van der Waals surface area contributed by atoms with E-state index in [0.29, 0.717) is 12.0 Å². The van der Waals surface area contributed by atoms with Crippen LogP contribution in [0.5, 0.6) is 0 Å². The van der Waals surface area contributed by atoms with Crippen LogP contribution in [0.15, 0.2) is 53.0 Å². The summed E-state index contributed by atoms with van der Waals surface area (Å²) in [6, 6.07) is 17.5. The normalized spacial score (nSPS) is 27.6. The fourth-order valence-electron chi connectivity index (χ4n) is 3.43. The summed E-state index contributed by atoms with van der Waals surface area (Å²) in [5.74, 6) is 0.513. The van der Waals surface area contributed by atoms with Crippen molar-refractivity contribution in [2.24, 2.45) is 5.92 Å². The summed E-state index contributed by atoms with van der Waals surface area (Å²) in [6.45, 7) is 0.853. The standard InChI is InChI=1S/C17H16BrNO/c18-12-6-7-15-14(10-12)17-13(8-9-20-17)16(19-15)11-4-2-1-3-5-11/h1-7,10,13,16-17,19H,8-9H2/t13-,16-,17-/m0/s1. The van der Waals surface area contributed by atoms with Crippen molar-refractivity contribution in [1.82, 2.24) is 0 Å². The first-order chi connectivity index (χ1) is 9.83. The van der Waals surface area contributed by atoms with Gasteiger partial charge in [0.1, 0.15) is 0 Å². The minimum atomic E-state index is 0.217. The quantitative estimate of drug-likeness (QED) is 0.819. The van der Waals surface area contributed by atoms with E-state index < -0.39 is 0 Å². The Bertz CT molecular complexity index is 628. The maximum Gasteiger partial charge on any atom is 0.0897 e. The number of ether oxygens (including phenoxy) is 1. The summed E-state index contributed by atoms with van der Waals surface area (Å²) in [6.07, 6.45) is 1.33. The summed E-state index contributed by atoms with van der Waals surface area (Å²) in [5.41, 5.74) is 3.83. The zero-order valence-electron chi connectivity index (χ0n) is 11.1. The number of hydrogen-bond acceptors (Lipinski definition) is 2. The lowest BCUT2D eigenvalue weighted by Gasteiger charge is -2.36. The highest BCUT2D eigenvalue weighted by Crippen LogP contribution is 2.50. The first-order valence-corrected chi connectivity index (χ1v) is 7.85. The van der Waals surface area contributed by atoms with Crippen LogP contribution in [-0.2, 0) is 4.74 Å². The summed E-state index contributed by atoms with van der Waals surface area (Å²) in [4.78, 5) is 0. The fourth-order valence-corrected chi connectivity index (χ4v) is 3.81. The first kappa shape index (κ1) is 12.4. The van der Waals surface area contributed by atoms with E-state index in [2.05, 4.69) is 69.8 Å². The van der Waals surface area contributed by atoms with E-state index in [-0.39, 0.29) is 6.10 Å². The molecule has 1 N–H and O–H groups in total. The Kier molecular flexibility index (Phi) is 3.04. The average molecular weight is 330 g/mol. The van der Waals surface area contributed by atoms with Gasteiger partial charge < -0.3 is 10.1 Å². The molecule has 0 unspecified atom stereocenters. The summed E-state index contributed by atoms with van der Waals surface area (Å²) < 4.78 is 7.15. The van der Waals surface area contributed by atoms with Crippen LogP contribution in [0.1, 0.15) is 29.7 Å². The zero-order valence-corrected chi connectivity index (χ0v) is 12.6. The van der Waals surface area contributed by atoms with Crippen molar-refractivity contribution < 1.29 is 4.74 Å². The van der Waals surface area contributed by atoms with Crippen LogP contribution in [0.25, 0.3) is 0 Å². The highest BCUT2D eigenvalue weighted by atomic mass is 79.9. The smallest absolute Gasteiger partial charge is 0.0897 e. The first-order valence-electron chi connectivity index (χ1n) is 7.05. The van der Waals surface area contributed by atoms with Crippen LogP contribution in [-0.4, -0.2) is 6.61 Å². The molecule has 2 aliphatic rings. The van der Waals surface area contributed by atoms with Gasteiger partial charge in [-0.3, -0.25) is 0 Å². The molecule has 0 amide bonds. The van der Waals surface area contributed by atoms with E-state index in [9.17, 15) is 0 Å². The molecule has 0 aliphatic carbocycles. The Morgan fingerprint density at radius 2 is 1.95 bits per heavy atom. The molecule has 0 saturated carbocycles. The SMILES string of the molecule is Brc1ccc2c(c1)[C@H]1OCC[C@H]1[C@H](c1ccccc1)N2. The molecule has 0 aromatic heterocycles. The molecular formula is C17H16BrNO. The van der Waals surface area contributed by atoms with Crippen molar-refractivity contribution in [3.8, 4) is 0 Å². The molecule has 3 atom stereocenters. The van der Waals surface area contributed by atoms with Gasteiger partial charge in [-0.05, 0) is 30.2 Å². The second-order valence-corrected chi connectivity index (χ2v) is 6.42. The number of anilines is 1. The lowest BCUT2D eigenvalue weighted by Crippen LogP contribution is -2.29. The van der Waals surface area contributed by atoms with E-state index in [1.165, 1.54) is 16.8 Å². The molecule has 2 nitrogen and oxygen atoms in total. The maximum atomic E-state index is 6.03. The van der Waals surface area contributed by atoms with E-state index in [1.54, 1.807) is 0 Å². The molecule has 1 fully saturated rings. The number of benzene rings is 2. The van der Waals surface area contributed by atoms with Crippen molar-refractivity contribution in [3.05, 3.63) is 64.1 Å². The monoisotopic (exact) mass is 329 g/mol. The van der Waals surface area contributed by atoms with Crippen LogP contribution >= 0.6 is 15.9 Å². The Balaban J connectivity index is 1.79. The van der Waals surface area contributed by atoms with Crippen LogP contribution < -0.4 is 5.32 Å². The summed E-state index contributed by atoms with van der Waals surface area (Å²) in [7, 11) is 0. The van der Waals surface area contributed by atoms with Gasteiger partial charge in [0.15, 0.2) is 0 Å². The molecular weight excluding hydrogens is 314 g/mol. The van der Waals surface area contributed by atoms with Crippen LogP contribution in [0.3, 0.4) is 0 Å². The third-order valence-electron chi connectivity index (χ3n) is 4.36. The highest BCUT2D eigenvalue weighted by Gasteiger charge is 2.41. The minimum Gasteiger partial charge on any atom is -0.378 e. The Morgan fingerprint density at radius 1 is 1.10 bits per heavy atom. The van der Waals surface area contributed by atoms with Gasteiger partial charge in [-0.25, -0.2) is 0 Å². The zero-order chi connectivity index (χ0) is 13.5. The molecule has 20 heavy (non-hydrogen) atoms. The molecule has 3 heteroatoms. The summed E-state index contributed by atoms with van der Waals surface area (Å²) >= 11 is 3.56. The second kappa shape index (κ2) is 4.90. The van der Waals surface area contributed by atoms with E-state index in [4.69, 9.17) is 4.74 Å². The topological polar surface area (TPSA) is 21.3 Å². The number of halogens is 1. The van der Waals surface area contributed by atoms with Gasteiger partial charge in [0.05, 0.1) is 12.1 Å². The minimum absolute atomic E-state index is 0.217. The van der Waals surface area contributed by atoms with Gasteiger partial charge >= 0.3 is 0 Å². The van der Waals surface area contributed by atoms with Gasteiger partial charge in [-0.2, -0.15) is 0 Å². The maximum absolute atomic E-state index is 6.03. The van der Waals surface area contributed by atoms with Crippen molar-refractivity contribution in [3.63, 3.8) is 0 Å². The largest absolute Gasteiger partial charge is 0.378 e. The van der Waals surface area contributed by atoms with Gasteiger partial charge in [0, 0.05) is 28.2 Å². The van der Waals surface area contributed by atoms with Gasteiger partial charge in [0.2, 0.25) is 0 Å². The second-order valence-electron chi connectivity index (χ2n) is 5.51. The van der Waals surface area contributed by atoms with Gasteiger partial charge in [-0.15, -0.1) is 0 Å². The Morgan fingerprint density at radius 3 is 2.80 bits per heavy atom. The molecule has 2 aromatic rings. The molecule has 2 heterocycles. The molecule has 0 spiro atoms. The molecule has 4 rings (SSSR count). The third kappa shape index (κ3) is 1.97. The fraction of sp³-hybridized carbons (Fsp3) is 0.294. The Labute approximate surface area is 127 Å². The number of rotatable bonds is 1. The van der Waals surface area contributed by atoms with E-state index in [0.717, 1.165) is 17.5 Å². The molecule has 102 valence electrons. The third-order valence-corrected chi connectivity index (χ3v) is 4.85.